The maximum absolute atomic E-state index is 13.2. The van der Waals surface area contributed by atoms with Gasteiger partial charge in [0.05, 0.1) is 0 Å². The van der Waals surface area contributed by atoms with Crippen molar-refractivity contribution in [2.75, 3.05) is 24.3 Å². The van der Waals surface area contributed by atoms with Crippen molar-refractivity contribution >= 4 is 17.5 Å². The number of rotatable bonds is 6. The molecule has 4 aromatic rings. The highest BCUT2D eigenvalue weighted by molar-refractivity contribution is 5.97. The minimum absolute atomic E-state index is 0.247. The molecule has 4 rings (SSSR count). The van der Waals surface area contributed by atoms with E-state index in [4.69, 9.17) is 0 Å². The molecule has 7 nitrogen and oxygen atoms in total. The summed E-state index contributed by atoms with van der Waals surface area (Å²) in [5, 5.41) is 7.73. The molecule has 2 aromatic carbocycles. The molecular weight excluding hydrogens is 376 g/mol. The average molecular weight is 398 g/mol. The monoisotopic (exact) mass is 398 g/mol. The molecule has 0 fully saturated rings. The van der Waals surface area contributed by atoms with Crippen molar-refractivity contribution in [2.45, 2.75) is 6.54 Å². The van der Waals surface area contributed by atoms with E-state index < -0.39 is 0 Å². The third-order valence-corrected chi connectivity index (χ3v) is 4.66. The molecule has 150 valence electrons. The highest BCUT2D eigenvalue weighted by Crippen LogP contribution is 2.20. The van der Waals surface area contributed by atoms with Gasteiger partial charge in [-0.1, -0.05) is 30.3 Å². The van der Waals surface area contributed by atoms with Crippen LogP contribution in [0, 0.1) is 0 Å². The second-order valence-electron chi connectivity index (χ2n) is 6.99. The fraction of sp³-hybridized carbons (Fsp3) is 0.130. The Labute approximate surface area is 175 Å². The molecule has 0 unspecified atom stereocenters. The van der Waals surface area contributed by atoms with Gasteiger partial charge in [-0.3, -0.25) is 9.78 Å². The second-order valence-corrected chi connectivity index (χ2v) is 6.99. The number of hydrogen-bond acceptors (Lipinski definition) is 6. The van der Waals surface area contributed by atoms with E-state index >= 15 is 0 Å². The molecule has 0 aliphatic carbocycles. The fourth-order valence-electron chi connectivity index (χ4n) is 2.99. The van der Waals surface area contributed by atoms with E-state index in [0.29, 0.717) is 23.9 Å². The van der Waals surface area contributed by atoms with Gasteiger partial charge < -0.3 is 10.2 Å². The second kappa shape index (κ2) is 8.57. The Morgan fingerprint density at radius 2 is 1.67 bits per heavy atom. The zero-order valence-corrected chi connectivity index (χ0v) is 16.9. The summed E-state index contributed by atoms with van der Waals surface area (Å²) in [6.45, 7) is 0.530. The van der Waals surface area contributed by atoms with Crippen LogP contribution in [-0.4, -0.2) is 39.8 Å². The van der Waals surface area contributed by atoms with E-state index in [2.05, 4.69) is 20.4 Å². The van der Waals surface area contributed by atoms with E-state index in [9.17, 15) is 4.79 Å². The van der Waals surface area contributed by atoms with E-state index in [1.54, 1.807) is 24.5 Å². The SMILES string of the molecule is CN(C)c1ccc(C(=O)n2nc(-c3ccncc3)nc2NCc2ccccc2)cc1. The number of carbonyl (C=O) groups is 1. The molecule has 0 radical (unpaired) electrons. The van der Waals surface area contributed by atoms with Gasteiger partial charge in [-0.05, 0) is 42.0 Å². The molecule has 2 heterocycles. The van der Waals surface area contributed by atoms with Crippen molar-refractivity contribution in [2.24, 2.45) is 0 Å². The lowest BCUT2D eigenvalue weighted by atomic mass is 10.2. The van der Waals surface area contributed by atoms with E-state index in [-0.39, 0.29) is 5.91 Å². The van der Waals surface area contributed by atoms with E-state index in [1.807, 2.05) is 73.6 Å². The first-order valence-corrected chi connectivity index (χ1v) is 9.59. The Morgan fingerprint density at radius 3 is 2.33 bits per heavy atom. The highest BCUT2D eigenvalue weighted by Gasteiger charge is 2.19. The number of anilines is 2. The average Bonchev–Trinajstić information content (AvgIpc) is 3.23. The number of carbonyl (C=O) groups excluding carboxylic acids is 1. The normalized spacial score (nSPS) is 10.6. The summed E-state index contributed by atoms with van der Waals surface area (Å²) in [4.78, 5) is 23.8. The Bertz CT molecular complexity index is 1120. The van der Waals surface area contributed by atoms with Crippen LogP contribution in [0.1, 0.15) is 15.9 Å². The van der Waals surface area contributed by atoms with Gasteiger partial charge in [0.2, 0.25) is 5.95 Å². The predicted molar refractivity (Wildman–Crippen MR) is 118 cm³/mol. The topological polar surface area (TPSA) is 75.9 Å². The number of pyridine rings is 1. The van der Waals surface area contributed by atoms with Gasteiger partial charge in [-0.15, -0.1) is 5.10 Å². The van der Waals surface area contributed by atoms with Crippen LogP contribution in [0.25, 0.3) is 11.4 Å². The van der Waals surface area contributed by atoms with Crippen molar-refractivity contribution in [3.63, 3.8) is 0 Å². The minimum Gasteiger partial charge on any atom is -0.378 e. The van der Waals surface area contributed by atoms with Crippen LogP contribution in [0.5, 0.6) is 0 Å². The van der Waals surface area contributed by atoms with Crippen LogP contribution < -0.4 is 10.2 Å². The molecule has 0 saturated heterocycles. The number of aromatic nitrogens is 4. The van der Waals surface area contributed by atoms with Crippen molar-refractivity contribution in [3.8, 4) is 11.4 Å². The predicted octanol–water partition coefficient (Wildman–Crippen LogP) is 3.71. The van der Waals surface area contributed by atoms with Crippen LogP contribution >= 0.6 is 0 Å². The Kier molecular flexibility index (Phi) is 5.52. The lowest BCUT2D eigenvalue weighted by Gasteiger charge is -2.12. The zero-order chi connectivity index (χ0) is 20.9. The molecule has 7 heteroatoms. The molecule has 0 aliphatic heterocycles. The van der Waals surface area contributed by atoms with Crippen LogP contribution in [0.2, 0.25) is 0 Å². The summed E-state index contributed by atoms with van der Waals surface area (Å²) in [5.41, 5.74) is 3.43. The summed E-state index contributed by atoms with van der Waals surface area (Å²) in [6, 6.07) is 21.0. The summed E-state index contributed by atoms with van der Waals surface area (Å²) in [6.07, 6.45) is 3.35. The fourth-order valence-corrected chi connectivity index (χ4v) is 2.99. The minimum atomic E-state index is -0.247. The summed E-state index contributed by atoms with van der Waals surface area (Å²) < 4.78 is 1.32. The smallest absolute Gasteiger partial charge is 0.281 e. The van der Waals surface area contributed by atoms with E-state index in [0.717, 1.165) is 16.8 Å². The van der Waals surface area contributed by atoms with Crippen molar-refractivity contribution in [3.05, 3.63) is 90.3 Å². The Hall–Kier alpha value is -4.00. The summed E-state index contributed by atoms with van der Waals surface area (Å²) in [7, 11) is 3.92. The molecule has 1 N–H and O–H groups in total. The van der Waals surface area contributed by atoms with Crippen LogP contribution in [0.4, 0.5) is 11.6 Å². The number of benzene rings is 2. The van der Waals surface area contributed by atoms with Gasteiger partial charge in [-0.2, -0.15) is 9.67 Å². The first-order valence-electron chi connectivity index (χ1n) is 9.59. The highest BCUT2D eigenvalue weighted by atomic mass is 16.2. The van der Waals surface area contributed by atoms with Crippen LogP contribution in [0.3, 0.4) is 0 Å². The molecule has 0 bridgehead atoms. The van der Waals surface area contributed by atoms with Gasteiger partial charge in [0, 0.05) is 49.8 Å². The molecular formula is C23H22N6O. The Morgan fingerprint density at radius 1 is 0.967 bits per heavy atom. The third-order valence-electron chi connectivity index (χ3n) is 4.66. The van der Waals surface area contributed by atoms with E-state index in [1.165, 1.54) is 4.68 Å². The van der Waals surface area contributed by atoms with Crippen molar-refractivity contribution in [1.82, 2.24) is 19.7 Å². The molecule has 0 aliphatic rings. The quantitative estimate of drug-likeness (QED) is 0.534. The molecule has 0 saturated carbocycles. The third kappa shape index (κ3) is 4.20. The lowest BCUT2D eigenvalue weighted by molar-refractivity contribution is 0.0947. The van der Waals surface area contributed by atoms with Crippen LogP contribution in [0.15, 0.2) is 79.1 Å². The number of nitrogens with one attached hydrogen (secondary N) is 1. The zero-order valence-electron chi connectivity index (χ0n) is 16.9. The largest absolute Gasteiger partial charge is 0.378 e. The molecule has 0 amide bonds. The van der Waals surface area contributed by atoms with Crippen molar-refractivity contribution < 1.29 is 4.79 Å². The lowest BCUT2D eigenvalue weighted by Crippen LogP contribution is -2.18. The van der Waals surface area contributed by atoms with Gasteiger partial charge >= 0.3 is 0 Å². The van der Waals surface area contributed by atoms with Gasteiger partial charge in [-0.25, -0.2) is 0 Å². The maximum atomic E-state index is 13.2. The molecule has 0 spiro atoms. The molecule has 30 heavy (non-hydrogen) atoms. The maximum Gasteiger partial charge on any atom is 0.281 e. The first-order chi connectivity index (χ1) is 14.6. The van der Waals surface area contributed by atoms with Crippen molar-refractivity contribution in [1.29, 1.82) is 0 Å². The number of nitrogens with zero attached hydrogens (tertiary/aromatic N) is 5. The molecule has 2 aromatic heterocycles. The molecule has 0 atom stereocenters. The van der Waals surface area contributed by atoms with Crippen LogP contribution in [-0.2, 0) is 6.54 Å². The first kappa shape index (κ1) is 19.3. The summed E-state index contributed by atoms with van der Waals surface area (Å²) in [5.74, 6) is 0.613. The van der Waals surface area contributed by atoms with Gasteiger partial charge in [0.15, 0.2) is 5.82 Å². The van der Waals surface area contributed by atoms with Gasteiger partial charge in [0.1, 0.15) is 0 Å². The van der Waals surface area contributed by atoms with Gasteiger partial charge in [0.25, 0.3) is 5.91 Å². The Balaban J connectivity index is 1.67. The summed E-state index contributed by atoms with van der Waals surface area (Å²) >= 11 is 0. The standard InChI is InChI=1S/C23H22N6O/c1-28(2)20-10-8-19(9-11-20)22(30)29-23(25-16-17-6-4-3-5-7-17)26-21(27-29)18-12-14-24-15-13-18/h3-15H,16H2,1-2H3,(H,25,26,27). The number of hydrogen-bond donors (Lipinski definition) is 1.